The van der Waals surface area contributed by atoms with Crippen LogP contribution in [0.2, 0.25) is 0 Å². The van der Waals surface area contributed by atoms with Gasteiger partial charge in [0.2, 0.25) is 17.6 Å². The van der Waals surface area contributed by atoms with E-state index in [0.29, 0.717) is 19.5 Å². The summed E-state index contributed by atoms with van der Waals surface area (Å²) in [7, 11) is -3.10. The van der Waals surface area contributed by atoms with Crippen LogP contribution in [-0.2, 0) is 29.0 Å². The van der Waals surface area contributed by atoms with E-state index in [1.165, 1.54) is 4.90 Å². The molecule has 13 heteroatoms. The van der Waals surface area contributed by atoms with Crippen molar-refractivity contribution in [3.8, 4) is 12.3 Å². The Morgan fingerprint density at radius 2 is 1.53 bits per heavy atom. The van der Waals surface area contributed by atoms with E-state index in [1.54, 1.807) is 20.8 Å². The Balaban J connectivity index is 1.96. The van der Waals surface area contributed by atoms with E-state index < -0.39 is 67.7 Å². The minimum Gasteiger partial charge on any atom is -0.363 e. The van der Waals surface area contributed by atoms with Crippen LogP contribution < -0.4 is 21.7 Å². The number of carbonyl (C=O) groups excluding carboxylic acids is 5. The first-order valence-corrected chi connectivity index (χ1v) is 18.4. The van der Waals surface area contributed by atoms with Crippen LogP contribution >= 0.6 is 0 Å². The largest absolute Gasteiger partial charge is 0.363 e. The Labute approximate surface area is 281 Å². The molecule has 5 amide bonds. The number of urea groups is 1. The summed E-state index contributed by atoms with van der Waals surface area (Å²) >= 11 is 0. The number of Topliss-reactive ketones (excluding diaryl/α,β-unsaturated/α-hetero) is 1. The number of hydrogen-bond donors (Lipinski definition) is 4. The van der Waals surface area contributed by atoms with Crippen molar-refractivity contribution < 1.29 is 32.4 Å². The molecule has 0 aromatic heterocycles. The smallest absolute Gasteiger partial charge is 0.315 e. The molecule has 1 saturated carbocycles. The van der Waals surface area contributed by atoms with Gasteiger partial charge in [0.15, 0.2) is 9.84 Å². The Kier molecular flexibility index (Phi) is 13.5. The summed E-state index contributed by atoms with van der Waals surface area (Å²) in [5.74, 6) is -0.579. The summed E-state index contributed by atoms with van der Waals surface area (Å²) < 4.78 is 23.7. The van der Waals surface area contributed by atoms with Crippen LogP contribution in [0.3, 0.4) is 0 Å². The molecule has 1 aliphatic heterocycles. The summed E-state index contributed by atoms with van der Waals surface area (Å²) in [5, 5.41) is 8.28. The lowest BCUT2D eigenvalue weighted by atomic mass is 9.85. The molecule has 5 atom stereocenters. The maximum absolute atomic E-state index is 14.0. The first-order valence-electron chi connectivity index (χ1n) is 16.7. The molecule has 3 unspecified atom stereocenters. The fourth-order valence-corrected chi connectivity index (χ4v) is 7.56. The number of likely N-dealkylation sites (tertiary alicyclic amines) is 1. The quantitative estimate of drug-likeness (QED) is 0.103. The lowest BCUT2D eigenvalue weighted by Crippen LogP contribution is -2.61. The molecule has 1 saturated heterocycles. The fraction of sp³-hybridized carbons (Fsp3) is 0.794. The number of piperidine rings is 1. The second-order valence-electron chi connectivity index (χ2n) is 15.7. The summed E-state index contributed by atoms with van der Waals surface area (Å²) in [6, 6.07) is -3.51. The molecule has 266 valence electrons. The molecule has 2 fully saturated rings. The number of rotatable bonds is 17. The summed E-state index contributed by atoms with van der Waals surface area (Å²) in [4.78, 5) is 66.2. The maximum Gasteiger partial charge on any atom is 0.315 e. The van der Waals surface area contributed by atoms with Gasteiger partial charge in [-0.1, -0.05) is 60.3 Å². The van der Waals surface area contributed by atoms with Crippen LogP contribution in [0.5, 0.6) is 0 Å². The highest BCUT2D eigenvalue weighted by Crippen LogP contribution is 2.65. The van der Waals surface area contributed by atoms with Gasteiger partial charge >= 0.3 is 6.03 Å². The molecule has 0 radical (unpaired) electrons. The first-order chi connectivity index (χ1) is 21.6. The average Bonchev–Trinajstić information content (AvgIpc) is 3.27. The van der Waals surface area contributed by atoms with Crippen molar-refractivity contribution in [2.24, 2.45) is 28.4 Å². The molecule has 0 spiro atoms. The highest BCUT2D eigenvalue weighted by atomic mass is 32.2. The van der Waals surface area contributed by atoms with Crippen LogP contribution in [0.1, 0.15) is 107 Å². The van der Waals surface area contributed by atoms with E-state index >= 15 is 0 Å². The van der Waals surface area contributed by atoms with E-state index in [-0.39, 0.29) is 35.8 Å². The van der Waals surface area contributed by atoms with Crippen molar-refractivity contribution in [1.82, 2.24) is 20.9 Å². The van der Waals surface area contributed by atoms with Gasteiger partial charge in [0.05, 0.1) is 16.5 Å². The molecule has 2 aliphatic rings. The zero-order valence-electron chi connectivity index (χ0n) is 29.5. The Bertz CT molecular complexity index is 1320. The number of sulfone groups is 1. The van der Waals surface area contributed by atoms with Crippen molar-refractivity contribution in [1.29, 1.82) is 0 Å². The summed E-state index contributed by atoms with van der Waals surface area (Å²) in [5.41, 5.74) is 4.32. The van der Waals surface area contributed by atoms with E-state index in [2.05, 4.69) is 21.9 Å². The minimum atomic E-state index is -3.10. The molecule has 1 aliphatic carbocycles. The monoisotopic (exact) mass is 679 g/mol. The van der Waals surface area contributed by atoms with Gasteiger partial charge in [0.1, 0.15) is 12.1 Å². The number of unbranched alkanes of at least 4 members (excludes halogenated alkanes) is 5. The second-order valence-corrected chi connectivity index (χ2v) is 18.5. The normalized spacial score (nSPS) is 21.5. The predicted octanol–water partition coefficient (Wildman–Crippen LogP) is 2.69. The number of carbonyl (C=O) groups is 5. The molecule has 0 aromatic carbocycles. The topological polar surface area (TPSA) is 185 Å². The van der Waals surface area contributed by atoms with Gasteiger partial charge in [0.25, 0.3) is 5.91 Å². The third kappa shape index (κ3) is 10.4. The van der Waals surface area contributed by atoms with Crippen LogP contribution in [0.15, 0.2) is 0 Å². The van der Waals surface area contributed by atoms with Gasteiger partial charge < -0.3 is 26.6 Å². The zero-order valence-corrected chi connectivity index (χ0v) is 30.3. The van der Waals surface area contributed by atoms with Crippen molar-refractivity contribution in [3.63, 3.8) is 0 Å². The maximum atomic E-state index is 14.0. The lowest BCUT2D eigenvalue weighted by molar-refractivity contribution is -0.145. The van der Waals surface area contributed by atoms with Gasteiger partial charge in [0, 0.05) is 19.5 Å². The van der Waals surface area contributed by atoms with Crippen LogP contribution in [0, 0.1) is 35.0 Å². The van der Waals surface area contributed by atoms with Crippen LogP contribution in [0.25, 0.3) is 0 Å². The van der Waals surface area contributed by atoms with Crippen molar-refractivity contribution in [2.45, 2.75) is 130 Å². The van der Waals surface area contributed by atoms with E-state index in [1.807, 2.05) is 34.6 Å². The highest BCUT2D eigenvalue weighted by Gasteiger charge is 2.69. The first kappa shape index (κ1) is 40.0. The average molecular weight is 680 g/mol. The third-order valence-corrected chi connectivity index (χ3v) is 12.4. The van der Waals surface area contributed by atoms with Gasteiger partial charge in [-0.3, -0.25) is 19.2 Å². The number of fused-ring (bicyclic) bond motifs is 1. The van der Waals surface area contributed by atoms with Crippen molar-refractivity contribution in [2.75, 3.05) is 18.8 Å². The standard InChI is InChI=1S/C34H57N5O7S/c1-10-11-18-23(26(40)28(35)41)37-29(42)25-24-22(34(24,8)9)21-39(25)30(43)27(32(2,3)4)38-31(44)36-19-16-14-12-13-15-17-20-47(45,46)33(5,6)7/h1,22-25,27H,11-21H2,2-9H3,(H2,35,41)(H,37,42)(H2,36,38,44)/t22?,23?,24?,25-,27+/m0/s1. The number of hydrogen-bond acceptors (Lipinski definition) is 7. The van der Waals surface area contributed by atoms with E-state index in [0.717, 1.165) is 32.1 Å². The molecule has 0 bridgehead atoms. The summed E-state index contributed by atoms with van der Waals surface area (Å²) in [6.07, 6.45) is 10.4. The molecule has 0 aromatic rings. The van der Waals surface area contributed by atoms with Crippen molar-refractivity contribution >= 4 is 39.4 Å². The van der Waals surface area contributed by atoms with Gasteiger partial charge in [-0.05, 0) is 62.7 Å². The van der Waals surface area contributed by atoms with Crippen LogP contribution in [-0.4, -0.2) is 84.6 Å². The van der Waals surface area contributed by atoms with Crippen molar-refractivity contribution in [3.05, 3.63) is 0 Å². The molecule has 5 N–H and O–H groups in total. The molecule has 47 heavy (non-hydrogen) atoms. The number of nitrogens with zero attached hydrogens (tertiary/aromatic N) is 1. The number of nitrogens with one attached hydrogen (secondary N) is 3. The molecule has 1 heterocycles. The number of ketones is 1. The molecule has 12 nitrogen and oxygen atoms in total. The molecular formula is C34H57N5O7S. The number of amides is 5. The second kappa shape index (κ2) is 15.8. The molecular weight excluding hydrogens is 622 g/mol. The van der Waals surface area contributed by atoms with Gasteiger partial charge in [-0.2, -0.15) is 0 Å². The Morgan fingerprint density at radius 1 is 0.957 bits per heavy atom. The zero-order chi connectivity index (χ0) is 36.0. The minimum absolute atomic E-state index is 0.0380. The summed E-state index contributed by atoms with van der Waals surface area (Å²) in [6.45, 7) is 15.4. The lowest BCUT2D eigenvalue weighted by Gasteiger charge is -2.37. The number of primary amides is 1. The van der Waals surface area contributed by atoms with Crippen LogP contribution in [0.4, 0.5) is 4.79 Å². The van der Waals surface area contributed by atoms with Gasteiger partial charge in [-0.15, -0.1) is 12.3 Å². The van der Waals surface area contributed by atoms with E-state index in [4.69, 9.17) is 12.2 Å². The SMILES string of the molecule is C#CCCC(NC(=O)[C@@H]1C2C(CN1C(=O)[C@@H](NC(=O)NCCCCCCCCS(=O)(=O)C(C)(C)C)C(C)(C)C)C2(C)C)C(=O)C(N)=O. The van der Waals surface area contributed by atoms with E-state index in [9.17, 15) is 32.4 Å². The Morgan fingerprint density at radius 3 is 2.06 bits per heavy atom. The molecule has 2 rings (SSSR count). The Hall–Kier alpha value is -3.14. The fourth-order valence-electron chi connectivity index (χ4n) is 6.37. The number of terminal acetylenes is 1. The predicted molar refractivity (Wildman–Crippen MR) is 181 cm³/mol. The highest BCUT2D eigenvalue weighted by molar-refractivity contribution is 7.92. The number of nitrogens with two attached hydrogens (primary N) is 1. The third-order valence-electron chi connectivity index (χ3n) is 9.66. The van der Waals surface area contributed by atoms with Gasteiger partial charge in [-0.25, -0.2) is 13.2 Å².